The molecule has 222 valence electrons. The molecule has 1 atom stereocenters. The SMILES string of the molecule is CCOC(=O)C1=C(C)N=c2s/c(=C/c3ccc(-c4ccc([N+](=O)[O-])cc4)o3)c(=O)n2[C@H]1c1cc(OC)c(OCC)cc1Br. The predicted molar refractivity (Wildman–Crippen MR) is 163 cm³/mol. The molecule has 3 heterocycles. The lowest BCUT2D eigenvalue weighted by Gasteiger charge is -2.26. The molecule has 11 nitrogen and oxygen atoms in total. The zero-order chi connectivity index (χ0) is 30.8. The minimum Gasteiger partial charge on any atom is -0.493 e. The summed E-state index contributed by atoms with van der Waals surface area (Å²) >= 11 is 4.77. The van der Waals surface area contributed by atoms with Crippen molar-refractivity contribution in [2.75, 3.05) is 20.3 Å². The molecule has 0 aliphatic carbocycles. The van der Waals surface area contributed by atoms with Gasteiger partial charge in [-0.1, -0.05) is 27.3 Å². The van der Waals surface area contributed by atoms with Crippen LogP contribution in [0.1, 0.15) is 38.1 Å². The van der Waals surface area contributed by atoms with E-state index in [9.17, 15) is 19.7 Å². The van der Waals surface area contributed by atoms with Crippen LogP contribution in [-0.4, -0.2) is 35.8 Å². The summed E-state index contributed by atoms with van der Waals surface area (Å²) in [7, 11) is 1.52. The Morgan fingerprint density at radius 3 is 2.56 bits per heavy atom. The maximum Gasteiger partial charge on any atom is 0.338 e. The van der Waals surface area contributed by atoms with Crippen LogP contribution in [0, 0.1) is 10.1 Å². The predicted octanol–water partition coefficient (Wildman–Crippen LogP) is 5.14. The summed E-state index contributed by atoms with van der Waals surface area (Å²) in [5, 5.41) is 11.0. The summed E-state index contributed by atoms with van der Waals surface area (Å²) < 4.78 is 25.0. The zero-order valence-electron chi connectivity index (χ0n) is 23.6. The molecular formula is C30H26BrN3O8S. The first-order valence-corrected chi connectivity index (χ1v) is 14.8. The number of carbonyl (C=O) groups excluding carboxylic acids is 1. The van der Waals surface area contributed by atoms with E-state index in [4.69, 9.17) is 18.6 Å². The number of methoxy groups -OCH3 is 1. The van der Waals surface area contributed by atoms with E-state index >= 15 is 0 Å². The molecule has 0 fully saturated rings. The molecule has 1 aliphatic rings. The fraction of sp³-hybridized carbons (Fsp3) is 0.233. The number of furan rings is 1. The molecule has 0 radical (unpaired) electrons. The van der Waals surface area contributed by atoms with Gasteiger partial charge in [0, 0.05) is 28.2 Å². The zero-order valence-corrected chi connectivity index (χ0v) is 26.0. The van der Waals surface area contributed by atoms with E-state index in [-0.39, 0.29) is 23.4 Å². The Balaban J connectivity index is 1.64. The Labute approximate surface area is 257 Å². The van der Waals surface area contributed by atoms with Gasteiger partial charge in [-0.05, 0) is 62.7 Å². The van der Waals surface area contributed by atoms with Crippen molar-refractivity contribution >= 4 is 45.0 Å². The van der Waals surface area contributed by atoms with Crippen LogP contribution in [0.4, 0.5) is 5.69 Å². The molecule has 4 aromatic rings. The number of nitrogens with zero attached hydrogens (tertiary/aromatic N) is 3. The topological polar surface area (TPSA) is 135 Å². The Kier molecular flexibility index (Phi) is 8.64. The monoisotopic (exact) mass is 667 g/mol. The van der Waals surface area contributed by atoms with E-state index < -0.39 is 16.9 Å². The summed E-state index contributed by atoms with van der Waals surface area (Å²) in [6, 6.07) is 12.0. The van der Waals surface area contributed by atoms with Crippen molar-refractivity contribution in [1.29, 1.82) is 0 Å². The Bertz CT molecular complexity index is 1940. The van der Waals surface area contributed by atoms with Crippen LogP contribution in [0.15, 0.2) is 78.5 Å². The van der Waals surface area contributed by atoms with Crippen LogP contribution >= 0.6 is 27.3 Å². The molecule has 0 unspecified atom stereocenters. The minimum absolute atomic E-state index is 0.0274. The first-order valence-electron chi connectivity index (χ1n) is 13.2. The molecule has 0 saturated heterocycles. The smallest absolute Gasteiger partial charge is 0.338 e. The van der Waals surface area contributed by atoms with Gasteiger partial charge in [0.2, 0.25) is 0 Å². The molecule has 43 heavy (non-hydrogen) atoms. The third-order valence-corrected chi connectivity index (χ3v) is 8.33. The van der Waals surface area contributed by atoms with Gasteiger partial charge >= 0.3 is 5.97 Å². The number of nitro groups is 1. The van der Waals surface area contributed by atoms with E-state index in [1.165, 1.54) is 23.8 Å². The second-order valence-corrected chi connectivity index (χ2v) is 11.1. The number of hydrogen-bond acceptors (Lipinski definition) is 10. The Hall–Kier alpha value is -4.49. The number of aromatic nitrogens is 1. The second-order valence-electron chi connectivity index (χ2n) is 9.27. The number of halogens is 1. The summed E-state index contributed by atoms with van der Waals surface area (Å²) in [6.45, 7) is 5.85. The summed E-state index contributed by atoms with van der Waals surface area (Å²) in [4.78, 5) is 42.8. The number of carbonyl (C=O) groups is 1. The van der Waals surface area contributed by atoms with E-state index in [1.54, 1.807) is 56.3 Å². The molecule has 0 bridgehead atoms. The highest BCUT2D eigenvalue weighted by molar-refractivity contribution is 9.10. The van der Waals surface area contributed by atoms with Gasteiger partial charge in [-0.15, -0.1) is 0 Å². The van der Waals surface area contributed by atoms with Crippen LogP contribution in [-0.2, 0) is 9.53 Å². The second kappa shape index (κ2) is 12.4. The number of allylic oxidation sites excluding steroid dienone is 1. The van der Waals surface area contributed by atoms with Gasteiger partial charge in [0.25, 0.3) is 11.2 Å². The molecule has 0 spiro atoms. The molecule has 13 heteroatoms. The normalized spacial score (nSPS) is 14.7. The Morgan fingerprint density at radius 2 is 1.91 bits per heavy atom. The quantitative estimate of drug-likeness (QED) is 0.136. The first kappa shape index (κ1) is 30.0. The first-order chi connectivity index (χ1) is 20.7. The summed E-state index contributed by atoms with van der Waals surface area (Å²) in [6.07, 6.45) is 1.60. The van der Waals surface area contributed by atoms with Crippen molar-refractivity contribution in [2.45, 2.75) is 26.8 Å². The minimum atomic E-state index is -0.872. The van der Waals surface area contributed by atoms with Gasteiger partial charge in [0.05, 0.1) is 47.1 Å². The van der Waals surface area contributed by atoms with E-state index in [0.717, 1.165) is 11.3 Å². The molecule has 2 aromatic heterocycles. The number of non-ortho nitro benzene ring substituents is 1. The lowest BCUT2D eigenvalue weighted by Crippen LogP contribution is -2.40. The summed E-state index contributed by atoms with van der Waals surface area (Å²) in [5.74, 6) is 1.25. The number of fused-ring (bicyclic) bond motifs is 1. The number of rotatable bonds is 9. The van der Waals surface area contributed by atoms with Gasteiger partial charge in [-0.3, -0.25) is 19.5 Å². The lowest BCUT2D eigenvalue weighted by molar-refractivity contribution is -0.384. The van der Waals surface area contributed by atoms with Crippen LogP contribution in [0.5, 0.6) is 11.5 Å². The van der Waals surface area contributed by atoms with E-state index in [2.05, 4.69) is 20.9 Å². The van der Waals surface area contributed by atoms with Crippen LogP contribution in [0.25, 0.3) is 17.4 Å². The Morgan fingerprint density at radius 1 is 1.16 bits per heavy atom. The number of esters is 1. The van der Waals surface area contributed by atoms with Crippen molar-refractivity contribution in [2.24, 2.45) is 4.99 Å². The van der Waals surface area contributed by atoms with Crippen LogP contribution in [0.2, 0.25) is 0 Å². The van der Waals surface area contributed by atoms with Crippen LogP contribution in [0.3, 0.4) is 0 Å². The third-order valence-electron chi connectivity index (χ3n) is 6.66. The van der Waals surface area contributed by atoms with Crippen LogP contribution < -0.4 is 24.4 Å². The average molecular weight is 669 g/mol. The van der Waals surface area contributed by atoms with Crippen molar-refractivity contribution in [3.05, 3.63) is 105 Å². The van der Waals surface area contributed by atoms with Gasteiger partial charge in [-0.25, -0.2) is 9.79 Å². The van der Waals surface area contributed by atoms with Gasteiger partial charge in [0.15, 0.2) is 16.3 Å². The van der Waals surface area contributed by atoms with E-state index in [1.807, 2.05) is 6.92 Å². The molecule has 2 aromatic carbocycles. The van der Waals surface area contributed by atoms with Gasteiger partial charge in [0.1, 0.15) is 11.5 Å². The van der Waals surface area contributed by atoms with Crippen molar-refractivity contribution < 1.29 is 28.3 Å². The molecule has 0 amide bonds. The molecular weight excluding hydrogens is 642 g/mol. The standard InChI is InChI=1S/C30H26BrN3O8S/c1-5-40-24-15-21(31)20(14-23(24)39-4)27-26(29(36)41-6-2)16(3)32-30-33(27)28(35)25(43-30)13-19-11-12-22(42-19)17-7-9-18(10-8-17)34(37)38/h7-15,27H,5-6H2,1-4H3/b25-13+/t27-/m0/s1. The lowest BCUT2D eigenvalue weighted by atomic mass is 9.95. The fourth-order valence-corrected chi connectivity index (χ4v) is 6.30. The highest BCUT2D eigenvalue weighted by atomic mass is 79.9. The van der Waals surface area contributed by atoms with Crippen molar-refractivity contribution in [1.82, 2.24) is 4.57 Å². The van der Waals surface area contributed by atoms with Gasteiger partial charge in [-0.2, -0.15) is 0 Å². The molecule has 5 rings (SSSR count). The van der Waals surface area contributed by atoms with Crippen molar-refractivity contribution in [3.8, 4) is 22.8 Å². The van der Waals surface area contributed by atoms with Crippen molar-refractivity contribution in [3.63, 3.8) is 0 Å². The summed E-state index contributed by atoms with van der Waals surface area (Å²) in [5.41, 5.74) is 1.48. The number of thiazole rings is 1. The highest BCUT2D eigenvalue weighted by Crippen LogP contribution is 2.41. The number of benzene rings is 2. The number of nitro benzene ring substituents is 1. The van der Waals surface area contributed by atoms with E-state index in [0.29, 0.717) is 60.3 Å². The maximum atomic E-state index is 14.0. The fourth-order valence-electron chi connectivity index (χ4n) is 4.74. The largest absolute Gasteiger partial charge is 0.493 e. The highest BCUT2D eigenvalue weighted by Gasteiger charge is 2.35. The number of ether oxygens (including phenoxy) is 3. The molecule has 0 saturated carbocycles. The molecule has 0 N–H and O–H groups in total. The third kappa shape index (κ3) is 5.77. The number of hydrogen-bond donors (Lipinski definition) is 0. The maximum absolute atomic E-state index is 14.0. The average Bonchev–Trinajstić information content (AvgIpc) is 3.57. The van der Waals surface area contributed by atoms with Gasteiger partial charge < -0.3 is 18.6 Å². The molecule has 1 aliphatic heterocycles.